The van der Waals surface area contributed by atoms with Gasteiger partial charge in [0, 0.05) is 38.9 Å². The number of carbonyl (C=O) groups excluding carboxylic acids is 4. The SMILES string of the molecule is CCOC(=O)c1csc(-c2ccc(O)cc2)n1.CCOc1ccc(-c2cccc(C(=O)OCCc3ccco3)n2)cc1.CCOc1ccc(-c2cccc(C(=O)OCc3ccco3)n2)cc1.CCOc1ccc(-c2cccc(C(=O)OCc3cccs3)n2)cc1. The molecule has 0 radical (unpaired) electrons. The van der Waals surface area contributed by atoms with Gasteiger partial charge in [-0.3, -0.25) is 0 Å². The highest BCUT2D eigenvalue weighted by atomic mass is 32.1. The molecule has 20 heteroatoms. The number of aromatic nitrogens is 4. The molecule has 18 nitrogen and oxygen atoms in total. The minimum Gasteiger partial charge on any atom is -0.508 e. The van der Waals surface area contributed by atoms with Gasteiger partial charge in [0.1, 0.15) is 69.8 Å². The summed E-state index contributed by atoms with van der Waals surface area (Å²) in [7, 11) is 0. The van der Waals surface area contributed by atoms with Gasteiger partial charge in [-0.2, -0.15) is 0 Å². The van der Waals surface area contributed by atoms with Crippen molar-refractivity contribution in [1.82, 2.24) is 19.9 Å². The van der Waals surface area contributed by atoms with Gasteiger partial charge in [-0.1, -0.05) is 24.3 Å². The molecule has 1 N–H and O–H groups in total. The second-order valence-electron chi connectivity index (χ2n) is 18.7. The van der Waals surface area contributed by atoms with Gasteiger partial charge < -0.3 is 47.1 Å². The first kappa shape index (κ1) is 65.3. The summed E-state index contributed by atoms with van der Waals surface area (Å²) in [6.45, 7) is 10.4. The maximum atomic E-state index is 12.2. The molecule has 0 aliphatic rings. The Morgan fingerprint density at radius 1 is 0.411 bits per heavy atom. The highest BCUT2D eigenvalue weighted by Crippen LogP contribution is 2.27. The number of thiophene rings is 1. The van der Waals surface area contributed by atoms with Gasteiger partial charge in [0.25, 0.3) is 0 Å². The van der Waals surface area contributed by atoms with Crippen LogP contribution in [0.15, 0.2) is 220 Å². The van der Waals surface area contributed by atoms with Crippen LogP contribution in [0.5, 0.6) is 23.0 Å². The van der Waals surface area contributed by atoms with Gasteiger partial charge in [-0.05, 0) is 197 Å². The van der Waals surface area contributed by atoms with Crippen LogP contribution in [0.25, 0.3) is 44.3 Å². The Kier molecular flexibility index (Phi) is 25.1. The van der Waals surface area contributed by atoms with Gasteiger partial charge in [-0.15, -0.1) is 22.7 Å². The van der Waals surface area contributed by atoms with Gasteiger partial charge in [0.2, 0.25) is 0 Å². The third-order valence-electron chi connectivity index (χ3n) is 12.4. The van der Waals surface area contributed by atoms with Gasteiger partial charge in [-0.25, -0.2) is 39.1 Å². The molecular formula is C70H64N4O14S2. The van der Waals surface area contributed by atoms with Crippen LogP contribution < -0.4 is 14.2 Å². The maximum Gasteiger partial charge on any atom is 0.357 e. The smallest absolute Gasteiger partial charge is 0.357 e. The lowest BCUT2D eigenvalue weighted by molar-refractivity contribution is 0.0435. The Labute approximate surface area is 528 Å². The van der Waals surface area contributed by atoms with Gasteiger partial charge in [0.15, 0.2) is 5.69 Å². The summed E-state index contributed by atoms with van der Waals surface area (Å²) in [5.41, 5.74) is 6.90. The number of rotatable bonds is 22. The van der Waals surface area contributed by atoms with Crippen LogP contribution in [0.2, 0.25) is 0 Å². The number of nitrogens with zero attached hydrogens (tertiary/aromatic N) is 4. The average Bonchev–Trinajstić information content (AvgIpc) is 2.00. The molecule has 0 atom stereocenters. The number of hydrogen-bond donors (Lipinski definition) is 1. The fraction of sp³-hybridized carbons (Fsp3) is 0.171. The predicted molar refractivity (Wildman–Crippen MR) is 342 cm³/mol. The van der Waals surface area contributed by atoms with E-state index >= 15 is 0 Å². The standard InChI is InChI=1S/C20H19NO4.C19H17NO4.C19H17NO3S.C12H11NO3S/c1-2-23-17-10-8-15(9-11-17)18-6-3-7-19(21-18)20(22)25-14-12-16-5-4-13-24-16;1-2-22-15-10-8-14(9-11-15)17-6-3-7-18(20-17)19(21)24-13-16-5-4-12-23-16;1-2-22-15-10-8-14(9-11-15)17-6-3-7-18(20-17)19(21)23-13-16-5-4-12-24-16;1-2-16-12(15)10-7-17-11(13-10)8-3-5-9(14)6-4-8/h3-11,13H,2,12,14H2,1H3;2*3-12H,2,13H2,1H3;3-7,14H,2H2,1H3. The van der Waals surface area contributed by atoms with Crippen molar-refractivity contribution in [3.8, 4) is 67.3 Å². The number of ether oxygens (including phenoxy) is 7. The Morgan fingerprint density at radius 3 is 1.29 bits per heavy atom. The number of benzene rings is 4. The van der Waals surface area contributed by atoms with Crippen molar-refractivity contribution in [2.45, 2.75) is 47.3 Å². The Balaban J connectivity index is 0.000000156. The number of phenolic OH excluding ortho intramolecular Hbond substituents is 1. The van der Waals surface area contributed by atoms with Crippen LogP contribution in [-0.4, -0.2) is 82.0 Å². The second-order valence-corrected chi connectivity index (χ2v) is 20.6. The first-order valence-corrected chi connectivity index (χ1v) is 30.4. The van der Waals surface area contributed by atoms with Crippen molar-refractivity contribution in [1.29, 1.82) is 0 Å². The molecular weight excluding hydrogens is 1180 g/mol. The minimum absolute atomic E-state index is 0.0841. The summed E-state index contributed by atoms with van der Waals surface area (Å²) in [5, 5.41) is 13.5. The molecule has 460 valence electrons. The number of esters is 4. The highest BCUT2D eigenvalue weighted by molar-refractivity contribution is 7.13. The van der Waals surface area contributed by atoms with E-state index in [2.05, 4.69) is 19.9 Å². The zero-order valence-corrected chi connectivity index (χ0v) is 51.4. The summed E-state index contributed by atoms with van der Waals surface area (Å²) in [4.78, 5) is 66.2. The topological polar surface area (TPSA) is 231 Å². The minimum atomic E-state index is -0.487. The van der Waals surface area contributed by atoms with Gasteiger partial charge >= 0.3 is 23.9 Å². The van der Waals surface area contributed by atoms with Crippen molar-refractivity contribution in [2.75, 3.05) is 33.0 Å². The van der Waals surface area contributed by atoms with E-state index in [0.29, 0.717) is 61.4 Å². The van der Waals surface area contributed by atoms with Crippen LogP contribution in [0.4, 0.5) is 0 Å². The fourth-order valence-corrected chi connectivity index (χ4v) is 9.50. The molecule has 4 aromatic carbocycles. The summed E-state index contributed by atoms with van der Waals surface area (Å²) < 4.78 is 47.3. The van der Waals surface area contributed by atoms with E-state index in [1.165, 1.54) is 17.6 Å². The lowest BCUT2D eigenvalue weighted by Gasteiger charge is -2.07. The van der Waals surface area contributed by atoms with E-state index in [-0.39, 0.29) is 37.0 Å². The van der Waals surface area contributed by atoms with Crippen LogP contribution in [0.3, 0.4) is 0 Å². The second kappa shape index (κ2) is 34.6. The van der Waals surface area contributed by atoms with Crippen LogP contribution in [-0.2, 0) is 38.6 Å². The Morgan fingerprint density at radius 2 is 0.856 bits per heavy atom. The van der Waals surface area contributed by atoms with Crippen molar-refractivity contribution in [3.63, 3.8) is 0 Å². The van der Waals surface area contributed by atoms with E-state index in [4.69, 9.17) is 42.0 Å². The monoisotopic (exact) mass is 1250 g/mol. The molecule has 90 heavy (non-hydrogen) atoms. The molecule has 11 aromatic rings. The first-order chi connectivity index (χ1) is 44.0. The molecule has 0 saturated carbocycles. The number of furan rings is 2. The van der Waals surface area contributed by atoms with Crippen LogP contribution in [0.1, 0.15) is 86.0 Å². The van der Waals surface area contributed by atoms with Crippen molar-refractivity contribution in [3.05, 3.63) is 251 Å². The lowest BCUT2D eigenvalue weighted by Crippen LogP contribution is -2.10. The summed E-state index contributed by atoms with van der Waals surface area (Å²) in [6.07, 6.45) is 3.67. The number of aromatic hydroxyl groups is 1. The lowest BCUT2D eigenvalue weighted by atomic mass is 10.1. The Hall–Kier alpha value is -10.7. The van der Waals surface area contributed by atoms with Crippen molar-refractivity contribution < 1.29 is 66.3 Å². The van der Waals surface area contributed by atoms with E-state index < -0.39 is 23.9 Å². The zero-order chi connectivity index (χ0) is 63.3. The molecule has 0 spiro atoms. The molecule has 0 amide bonds. The molecule has 0 bridgehead atoms. The quantitative estimate of drug-likeness (QED) is 0.0491. The third kappa shape index (κ3) is 20.2. The van der Waals surface area contributed by atoms with Crippen molar-refractivity contribution >= 4 is 46.6 Å². The summed E-state index contributed by atoms with van der Waals surface area (Å²) in [5.74, 6) is 2.23. The molecule has 0 unspecified atom stereocenters. The largest absolute Gasteiger partial charge is 0.508 e. The van der Waals surface area contributed by atoms with Crippen LogP contribution in [0, 0.1) is 0 Å². The molecule has 0 aliphatic heterocycles. The maximum absolute atomic E-state index is 12.2. The number of hydrogen-bond acceptors (Lipinski definition) is 20. The number of thiazole rings is 1. The number of carbonyl (C=O) groups is 4. The number of pyridine rings is 3. The van der Waals surface area contributed by atoms with E-state index in [1.54, 1.807) is 109 Å². The molecule has 0 saturated heterocycles. The number of phenols is 1. The highest BCUT2D eigenvalue weighted by Gasteiger charge is 2.16. The van der Waals surface area contributed by atoms with Crippen LogP contribution >= 0.6 is 22.7 Å². The first-order valence-electron chi connectivity index (χ1n) is 28.6. The molecule has 0 aliphatic carbocycles. The third-order valence-corrected chi connectivity index (χ3v) is 14.1. The summed E-state index contributed by atoms with van der Waals surface area (Å²) in [6, 6.07) is 56.4. The molecule has 7 heterocycles. The molecule has 0 fully saturated rings. The summed E-state index contributed by atoms with van der Waals surface area (Å²) >= 11 is 2.93. The molecule has 7 aromatic heterocycles. The molecule has 11 rings (SSSR count). The van der Waals surface area contributed by atoms with Gasteiger partial charge in [0.05, 0.1) is 62.6 Å². The average molecular weight is 1250 g/mol. The predicted octanol–water partition coefficient (Wildman–Crippen LogP) is 15.5. The Bertz CT molecular complexity index is 3810. The van der Waals surface area contributed by atoms with E-state index in [0.717, 1.165) is 60.8 Å². The van der Waals surface area contributed by atoms with E-state index in [9.17, 15) is 24.3 Å². The normalized spacial score (nSPS) is 10.4. The fourth-order valence-electron chi connectivity index (χ4n) is 8.09. The van der Waals surface area contributed by atoms with Crippen molar-refractivity contribution in [2.24, 2.45) is 0 Å². The zero-order valence-electron chi connectivity index (χ0n) is 49.7. The van der Waals surface area contributed by atoms with E-state index in [1.807, 2.05) is 135 Å².